The zero-order valence-electron chi connectivity index (χ0n) is 13.9. The summed E-state index contributed by atoms with van der Waals surface area (Å²) in [7, 11) is 4.22. The number of likely N-dealkylation sites (tertiary alicyclic amines) is 1. The van der Waals surface area contributed by atoms with Crippen molar-refractivity contribution in [1.82, 2.24) is 24.6 Å². The van der Waals surface area contributed by atoms with Crippen LogP contribution in [0.5, 0.6) is 0 Å². The van der Waals surface area contributed by atoms with E-state index in [-0.39, 0.29) is 12.0 Å². The van der Waals surface area contributed by atoms with Crippen LogP contribution < -0.4 is 0 Å². The number of nitrogens with zero attached hydrogens (tertiary/aromatic N) is 5. The minimum Gasteiger partial charge on any atom is -0.464 e. The van der Waals surface area contributed by atoms with Crippen molar-refractivity contribution in [1.29, 1.82) is 0 Å². The van der Waals surface area contributed by atoms with Crippen LogP contribution in [0, 0.1) is 0 Å². The number of carbonyl (C=O) groups is 1. The Morgan fingerprint density at radius 3 is 2.78 bits per heavy atom. The molecule has 0 aromatic carbocycles. The van der Waals surface area contributed by atoms with Crippen molar-refractivity contribution in [2.75, 3.05) is 26.7 Å². The highest BCUT2D eigenvalue weighted by molar-refractivity contribution is 5.77. The van der Waals surface area contributed by atoms with Gasteiger partial charge in [-0.2, -0.15) is 0 Å². The first-order valence-corrected chi connectivity index (χ1v) is 8.62. The van der Waals surface area contributed by atoms with E-state index in [0.717, 1.165) is 44.1 Å². The SMILES string of the molecule is CN(Cc1nnc(C2CC2)n1C)[C@H]1CCN([C@@H]2CCOC2=O)C1. The first kappa shape index (κ1) is 15.1. The lowest BCUT2D eigenvalue weighted by molar-refractivity contribution is -0.142. The molecule has 2 atom stereocenters. The van der Waals surface area contributed by atoms with E-state index in [2.05, 4.69) is 38.7 Å². The molecule has 0 spiro atoms. The van der Waals surface area contributed by atoms with Gasteiger partial charge in [0.25, 0.3) is 0 Å². The van der Waals surface area contributed by atoms with Crippen molar-refractivity contribution in [2.24, 2.45) is 7.05 Å². The standard InChI is InChI=1S/C16H25N5O2/c1-19(10-14-17-18-15(20(14)2)11-3-4-11)12-5-7-21(9-12)13-6-8-23-16(13)22/h11-13H,3-10H2,1-2H3/t12-,13+/m0/s1. The highest BCUT2D eigenvalue weighted by atomic mass is 16.5. The molecule has 126 valence electrons. The second kappa shape index (κ2) is 5.87. The molecular weight excluding hydrogens is 294 g/mol. The Kier molecular flexibility index (Phi) is 3.85. The lowest BCUT2D eigenvalue weighted by Crippen LogP contribution is -2.40. The van der Waals surface area contributed by atoms with Crippen LogP contribution in [-0.2, 0) is 23.1 Å². The van der Waals surface area contributed by atoms with E-state index in [1.54, 1.807) is 0 Å². The number of hydrogen-bond acceptors (Lipinski definition) is 6. The molecule has 2 saturated heterocycles. The quantitative estimate of drug-likeness (QED) is 0.737. The summed E-state index contributed by atoms with van der Waals surface area (Å²) in [5, 5.41) is 8.74. The molecule has 7 heteroatoms. The number of hydrogen-bond donors (Lipinski definition) is 0. The summed E-state index contributed by atoms with van der Waals surface area (Å²) < 4.78 is 7.26. The van der Waals surface area contributed by atoms with Crippen molar-refractivity contribution in [3.05, 3.63) is 11.6 Å². The van der Waals surface area contributed by atoms with Crippen molar-refractivity contribution < 1.29 is 9.53 Å². The van der Waals surface area contributed by atoms with E-state index in [4.69, 9.17) is 4.74 Å². The van der Waals surface area contributed by atoms with Crippen LogP contribution in [0.2, 0.25) is 0 Å². The third-order valence-electron chi connectivity index (χ3n) is 5.50. The highest BCUT2D eigenvalue weighted by Gasteiger charge is 2.38. The molecule has 3 fully saturated rings. The van der Waals surface area contributed by atoms with E-state index >= 15 is 0 Å². The van der Waals surface area contributed by atoms with Crippen LogP contribution in [-0.4, -0.2) is 69.4 Å². The summed E-state index contributed by atoms with van der Waals surface area (Å²) in [5.41, 5.74) is 0. The molecule has 0 unspecified atom stereocenters. The highest BCUT2D eigenvalue weighted by Crippen LogP contribution is 2.38. The molecule has 23 heavy (non-hydrogen) atoms. The molecule has 0 radical (unpaired) electrons. The fourth-order valence-electron chi connectivity index (χ4n) is 3.79. The maximum Gasteiger partial charge on any atom is 0.323 e. The predicted octanol–water partition coefficient (Wildman–Crippen LogP) is 0.514. The van der Waals surface area contributed by atoms with E-state index in [1.807, 2.05) is 0 Å². The van der Waals surface area contributed by atoms with Crippen LogP contribution in [0.1, 0.15) is 43.3 Å². The summed E-state index contributed by atoms with van der Waals surface area (Å²) in [6.07, 6.45) is 4.42. The Balaban J connectivity index is 1.36. The van der Waals surface area contributed by atoms with Gasteiger partial charge in [-0.25, -0.2) is 0 Å². The second-order valence-corrected chi connectivity index (χ2v) is 7.13. The van der Waals surface area contributed by atoms with Crippen LogP contribution >= 0.6 is 0 Å². The minimum atomic E-state index is -0.0457. The minimum absolute atomic E-state index is 0.0234. The molecule has 1 saturated carbocycles. The first-order valence-electron chi connectivity index (χ1n) is 8.62. The summed E-state index contributed by atoms with van der Waals surface area (Å²) in [6.45, 7) is 3.29. The lowest BCUT2D eigenvalue weighted by atomic mass is 10.2. The van der Waals surface area contributed by atoms with Gasteiger partial charge in [0.05, 0.1) is 13.2 Å². The zero-order chi connectivity index (χ0) is 16.0. The topological polar surface area (TPSA) is 63.5 Å². The van der Waals surface area contributed by atoms with Gasteiger partial charge in [-0.3, -0.25) is 14.6 Å². The summed E-state index contributed by atoms with van der Waals surface area (Å²) in [4.78, 5) is 16.4. The number of likely N-dealkylation sites (N-methyl/N-ethyl adjacent to an activating group) is 1. The van der Waals surface area contributed by atoms with Crippen LogP contribution in [0.3, 0.4) is 0 Å². The fourth-order valence-corrected chi connectivity index (χ4v) is 3.79. The second-order valence-electron chi connectivity index (χ2n) is 7.13. The van der Waals surface area contributed by atoms with E-state index in [0.29, 0.717) is 18.6 Å². The Hall–Kier alpha value is -1.47. The van der Waals surface area contributed by atoms with Gasteiger partial charge in [0, 0.05) is 38.5 Å². The van der Waals surface area contributed by atoms with Crippen LogP contribution in [0.15, 0.2) is 0 Å². The van der Waals surface area contributed by atoms with E-state index in [1.165, 1.54) is 12.8 Å². The lowest BCUT2D eigenvalue weighted by Gasteiger charge is -2.25. The molecule has 0 N–H and O–H groups in total. The van der Waals surface area contributed by atoms with Gasteiger partial charge in [-0.05, 0) is 26.3 Å². The van der Waals surface area contributed by atoms with Gasteiger partial charge in [-0.1, -0.05) is 0 Å². The van der Waals surface area contributed by atoms with Gasteiger partial charge in [0.1, 0.15) is 17.7 Å². The molecule has 1 aromatic heterocycles. The maximum absolute atomic E-state index is 11.7. The number of cyclic esters (lactones) is 1. The average molecular weight is 319 g/mol. The van der Waals surface area contributed by atoms with Gasteiger partial charge in [-0.15, -0.1) is 10.2 Å². The summed E-state index contributed by atoms with van der Waals surface area (Å²) in [6, 6.07) is 0.439. The van der Waals surface area contributed by atoms with Crippen molar-refractivity contribution in [2.45, 2.75) is 50.2 Å². The smallest absolute Gasteiger partial charge is 0.323 e. The molecular formula is C16H25N5O2. The number of ether oxygens (including phenoxy) is 1. The molecule has 3 heterocycles. The average Bonchev–Trinajstić information content (AvgIpc) is 2.94. The maximum atomic E-state index is 11.7. The third kappa shape index (κ3) is 2.87. The van der Waals surface area contributed by atoms with Crippen LogP contribution in [0.25, 0.3) is 0 Å². The van der Waals surface area contributed by atoms with Gasteiger partial charge in [0.15, 0.2) is 0 Å². The monoisotopic (exact) mass is 319 g/mol. The number of rotatable bonds is 5. The molecule has 4 rings (SSSR count). The predicted molar refractivity (Wildman–Crippen MR) is 83.8 cm³/mol. The molecule has 1 aliphatic carbocycles. The van der Waals surface area contributed by atoms with Crippen LogP contribution in [0.4, 0.5) is 0 Å². The van der Waals surface area contributed by atoms with Crippen molar-refractivity contribution >= 4 is 5.97 Å². The van der Waals surface area contributed by atoms with Crippen molar-refractivity contribution in [3.63, 3.8) is 0 Å². The normalized spacial score (nSPS) is 28.7. The zero-order valence-corrected chi connectivity index (χ0v) is 13.9. The Morgan fingerprint density at radius 2 is 2.09 bits per heavy atom. The number of aromatic nitrogens is 3. The summed E-state index contributed by atoms with van der Waals surface area (Å²) >= 11 is 0. The fraction of sp³-hybridized carbons (Fsp3) is 0.812. The Morgan fingerprint density at radius 1 is 1.26 bits per heavy atom. The molecule has 3 aliphatic rings. The molecule has 7 nitrogen and oxygen atoms in total. The largest absolute Gasteiger partial charge is 0.464 e. The van der Waals surface area contributed by atoms with Crippen molar-refractivity contribution in [3.8, 4) is 0 Å². The number of esters is 1. The van der Waals surface area contributed by atoms with E-state index < -0.39 is 0 Å². The third-order valence-corrected chi connectivity index (χ3v) is 5.50. The van der Waals surface area contributed by atoms with Gasteiger partial charge < -0.3 is 9.30 Å². The van der Waals surface area contributed by atoms with Gasteiger partial charge in [0.2, 0.25) is 0 Å². The summed E-state index contributed by atoms with van der Waals surface area (Å²) in [5.74, 6) is 2.75. The van der Waals surface area contributed by atoms with E-state index in [9.17, 15) is 4.79 Å². The molecule has 1 aromatic rings. The van der Waals surface area contributed by atoms with Gasteiger partial charge >= 0.3 is 5.97 Å². The first-order chi connectivity index (χ1) is 11.1. The molecule has 0 amide bonds. The Labute approximate surface area is 136 Å². The molecule has 0 bridgehead atoms. The number of carbonyl (C=O) groups excluding carboxylic acids is 1. The Bertz CT molecular complexity index is 597. The molecule has 2 aliphatic heterocycles.